The summed E-state index contributed by atoms with van der Waals surface area (Å²) in [5, 5.41) is 9.12. The summed E-state index contributed by atoms with van der Waals surface area (Å²) in [6.07, 6.45) is 2.42. The molecule has 0 atom stereocenters. The molecule has 5 heteroatoms. The van der Waals surface area contributed by atoms with E-state index in [9.17, 15) is 4.79 Å². The molecule has 0 radical (unpaired) electrons. The number of hydrogen-bond acceptors (Lipinski definition) is 2. The van der Waals surface area contributed by atoms with Gasteiger partial charge in [0, 0.05) is 15.2 Å². The van der Waals surface area contributed by atoms with E-state index in [0.29, 0.717) is 16.5 Å². The Morgan fingerprint density at radius 1 is 1.33 bits per heavy atom. The van der Waals surface area contributed by atoms with Crippen molar-refractivity contribution in [1.82, 2.24) is 0 Å². The van der Waals surface area contributed by atoms with Crippen LogP contribution in [0.4, 0.5) is 0 Å². The van der Waals surface area contributed by atoms with Crippen molar-refractivity contribution in [2.75, 3.05) is 0 Å². The summed E-state index contributed by atoms with van der Waals surface area (Å²) in [6.45, 7) is 0. The Morgan fingerprint density at radius 3 is 2.78 bits per heavy atom. The molecule has 0 fully saturated rings. The van der Waals surface area contributed by atoms with Crippen LogP contribution in [0.1, 0.15) is 5.76 Å². The van der Waals surface area contributed by atoms with E-state index in [0.717, 1.165) is 15.2 Å². The van der Waals surface area contributed by atoms with Gasteiger partial charge < -0.3 is 9.52 Å². The monoisotopic (exact) mass is 374 g/mol. The molecule has 0 unspecified atom stereocenters. The minimum absolute atomic E-state index is 0.474. The van der Waals surface area contributed by atoms with Crippen molar-refractivity contribution in [3.05, 3.63) is 50.8 Å². The van der Waals surface area contributed by atoms with E-state index < -0.39 is 5.97 Å². The molecule has 92 valence electrons. The second-order valence-corrected chi connectivity index (χ2v) is 5.15. The van der Waals surface area contributed by atoms with E-state index in [1.807, 2.05) is 18.2 Å². The summed E-state index contributed by atoms with van der Waals surface area (Å²) >= 11 is 8.30. The average Bonchev–Trinajstić information content (AvgIpc) is 2.75. The van der Waals surface area contributed by atoms with Crippen LogP contribution in [0, 0.1) is 3.57 Å². The summed E-state index contributed by atoms with van der Waals surface area (Å²) in [5.41, 5.74) is 0.784. The summed E-state index contributed by atoms with van der Waals surface area (Å²) in [4.78, 5) is 10.4. The van der Waals surface area contributed by atoms with E-state index >= 15 is 0 Å². The van der Waals surface area contributed by atoms with Crippen molar-refractivity contribution in [1.29, 1.82) is 0 Å². The molecule has 0 saturated carbocycles. The zero-order chi connectivity index (χ0) is 13.1. The Kier molecular flexibility index (Phi) is 4.08. The number of carboxylic acid groups (broad SMARTS) is 1. The largest absolute Gasteiger partial charge is 0.478 e. The molecule has 3 nitrogen and oxygen atoms in total. The number of halogens is 2. The average molecular weight is 375 g/mol. The molecule has 0 aliphatic carbocycles. The maximum atomic E-state index is 10.4. The second-order valence-electron chi connectivity index (χ2n) is 3.50. The summed E-state index contributed by atoms with van der Waals surface area (Å²) < 4.78 is 6.54. The highest BCUT2D eigenvalue weighted by molar-refractivity contribution is 14.1. The lowest BCUT2D eigenvalue weighted by Crippen LogP contribution is -1.84. The summed E-state index contributed by atoms with van der Waals surface area (Å²) in [5.74, 6) is 0.0729. The van der Waals surface area contributed by atoms with Crippen molar-refractivity contribution in [3.63, 3.8) is 0 Å². The molecule has 0 spiro atoms. The molecule has 0 aliphatic rings. The minimum Gasteiger partial charge on any atom is -0.478 e. The molecule has 1 heterocycles. The van der Waals surface area contributed by atoms with Crippen LogP contribution in [0.15, 0.2) is 40.8 Å². The number of benzene rings is 1. The molecule has 2 rings (SSSR count). The third kappa shape index (κ3) is 3.14. The van der Waals surface area contributed by atoms with Gasteiger partial charge in [0.05, 0.1) is 5.02 Å². The zero-order valence-electron chi connectivity index (χ0n) is 9.06. The van der Waals surface area contributed by atoms with Gasteiger partial charge in [-0.2, -0.15) is 0 Å². The summed E-state index contributed by atoms with van der Waals surface area (Å²) in [6, 6.07) is 9.09. The molecule has 1 N–H and O–H groups in total. The Bertz CT molecular complexity index is 616. The lowest BCUT2D eigenvalue weighted by Gasteiger charge is -2.00. The first-order valence-electron chi connectivity index (χ1n) is 5.02. The van der Waals surface area contributed by atoms with Gasteiger partial charge in [0.25, 0.3) is 0 Å². The van der Waals surface area contributed by atoms with Gasteiger partial charge in [-0.25, -0.2) is 4.79 Å². The van der Waals surface area contributed by atoms with E-state index in [4.69, 9.17) is 21.1 Å². The Labute approximate surface area is 122 Å². The quantitative estimate of drug-likeness (QED) is 0.644. The maximum Gasteiger partial charge on any atom is 0.328 e. The standard InChI is InChI=1S/C13H8ClIO3/c14-11-7-8(15)1-4-10(11)12-5-2-9(18-12)3-6-13(16)17/h1-7H,(H,16,17)/b6-3+. The maximum absolute atomic E-state index is 10.4. The van der Waals surface area contributed by atoms with Crippen LogP contribution in [-0.2, 0) is 4.79 Å². The van der Waals surface area contributed by atoms with Crippen LogP contribution in [0.25, 0.3) is 17.4 Å². The fourth-order valence-corrected chi connectivity index (χ4v) is 2.38. The first kappa shape index (κ1) is 13.2. The predicted octanol–water partition coefficient (Wildman–Crippen LogP) is 4.30. The van der Waals surface area contributed by atoms with Gasteiger partial charge in [0.1, 0.15) is 11.5 Å². The van der Waals surface area contributed by atoms with Crippen molar-refractivity contribution in [3.8, 4) is 11.3 Å². The van der Waals surface area contributed by atoms with Crippen LogP contribution in [0.3, 0.4) is 0 Å². The topological polar surface area (TPSA) is 50.4 Å². The third-order valence-electron chi connectivity index (χ3n) is 2.21. The molecular weight excluding hydrogens is 366 g/mol. The second kappa shape index (κ2) is 5.58. The summed E-state index contributed by atoms with van der Waals surface area (Å²) in [7, 11) is 0. The molecule has 0 bridgehead atoms. The number of aliphatic carboxylic acids is 1. The highest BCUT2D eigenvalue weighted by atomic mass is 127. The van der Waals surface area contributed by atoms with Gasteiger partial charge >= 0.3 is 5.97 Å². The van der Waals surface area contributed by atoms with Crippen molar-refractivity contribution in [2.45, 2.75) is 0 Å². The predicted molar refractivity (Wildman–Crippen MR) is 78.5 cm³/mol. The van der Waals surface area contributed by atoms with Crippen LogP contribution in [0.5, 0.6) is 0 Å². The molecular formula is C13H8ClIO3. The lowest BCUT2D eigenvalue weighted by molar-refractivity contribution is -0.131. The van der Waals surface area contributed by atoms with E-state index in [1.165, 1.54) is 6.08 Å². The molecule has 0 amide bonds. The Balaban J connectivity index is 2.32. The number of furan rings is 1. The number of carbonyl (C=O) groups is 1. The number of hydrogen-bond donors (Lipinski definition) is 1. The highest BCUT2D eigenvalue weighted by Gasteiger charge is 2.08. The van der Waals surface area contributed by atoms with Crippen molar-refractivity contribution < 1.29 is 14.3 Å². The van der Waals surface area contributed by atoms with Gasteiger partial charge in [-0.3, -0.25) is 0 Å². The molecule has 1 aromatic heterocycles. The number of rotatable bonds is 3. The van der Waals surface area contributed by atoms with Crippen molar-refractivity contribution in [2.24, 2.45) is 0 Å². The van der Waals surface area contributed by atoms with Gasteiger partial charge in [-0.15, -0.1) is 0 Å². The van der Waals surface area contributed by atoms with E-state index in [1.54, 1.807) is 12.1 Å². The van der Waals surface area contributed by atoms with Crippen LogP contribution < -0.4 is 0 Å². The van der Waals surface area contributed by atoms with Crippen molar-refractivity contribution >= 4 is 46.2 Å². The van der Waals surface area contributed by atoms with Crippen LogP contribution in [-0.4, -0.2) is 11.1 Å². The zero-order valence-corrected chi connectivity index (χ0v) is 12.0. The van der Waals surface area contributed by atoms with Crippen LogP contribution >= 0.6 is 34.2 Å². The van der Waals surface area contributed by atoms with E-state index in [-0.39, 0.29) is 0 Å². The van der Waals surface area contributed by atoms with Gasteiger partial charge in [0.2, 0.25) is 0 Å². The fraction of sp³-hybridized carbons (Fsp3) is 0. The Hall–Kier alpha value is -1.27. The SMILES string of the molecule is O=C(O)/C=C/c1ccc(-c2ccc(I)cc2Cl)o1. The van der Waals surface area contributed by atoms with E-state index in [2.05, 4.69) is 22.6 Å². The third-order valence-corrected chi connectivity index (χ3v) is 3.20. The minimum atomic E-state index is -1.01. The molecule has 1 aromatic carbocycles. The first-order valence-corrected chi connectivity index (χ1v) is 6.48. The molecule has 18 heavy (non-hydrogen) atoms. The number of carboxylic acids is 1. The lowest BCUT2D eigenvalue weighted by atomic mass is 10.2. The van der Waals surface area contributed by atoms with Crippen LogP contribution in [0.2, 0.25) is 5.02 Å². The molecule has 2 aromatic rings. The Morgan fingerprint density at radius 2 is 2.11 bits per heavy atom. The highest BCUT2D eigenvalue weighted by Crippen LogP contribution is 2.30. The molecule has 0 aliphatic heterocycles. The normalized spacial score (nSPS) is 11.0. The first-order chi connectivity index (χ1) is 8.56. The van der Waals surface area contributed by atoms with Gasteiger partial charge in [-0.1, -0.05) is 11.6 Å². The fourth-order valence-electron chi connectivity index (χ4n) is 1.43. The van der Waals surface area contributed by atoms with Gasteiger partial charge in [0.15, 0.2) is 0 Å². The smallest absolute Gasteiger partial charge is 0.328 e. The van der Waals surface area contributed by atoms with Gasteiger partial charge in [-0.05, 0) is 59.0 Å². The molecule has 0 saturated heterocycles.